The summed E-state index contributed by atoms with van der Waals surface area (Å²) >= 11 is 0. The molecule has 0 radical (unpaired) electrons. The van der Waals surface area contributed by atoms with Gasteiger partial charge in [-0.2, -0.15) is 5.10 Å². The Balaban J connectivity index is 2.52. The molecule has 5 nitrogen and oxygen atoms in total. The number of rotatable bonds is 5. The Kier molecular flexibility index (Phi) is 5.90. The quantitative estimate of drug-likeness (QED) is 0.637. The lowest BCUT2D eigenvalue weighted by atomic mass is 10.1. The zero-order valence-corrected chi connectivity index (χ0v) is 12.4. The minimum Gasteiger partial charge on any atom is -0.354 e. The van der Waals surface area contributed by atoms with E-state index in [0.29, 0.717) is 11.3 Å². The van der Waals surface area contributed by atoms with Crippen LogP contribution in [0.1, 0.15) is 43.1 Å². The van der Waals surface area contributed by atoms with Crippen molar-refractivity contribution in [3.05, 3.63) is 35.4 Å². The summed E-state index contributed by atoms with van der Waals surface area (Å²) in [4.78, 5) is 23.3. The average Bonchev–Trinajstić information content (AvgIpc) is 2.35. The summed E-state index contributed by atoms with van der Waals surface area (Å²) in [5, 5.41) is 6.69. The SMILES string of the molecule is C/C(CC(=O)NC(C)C)=N\NC(=O)c1ccc(C)cc1. The molecule has 108 valence electrons. The van der Waals surface area contributed by atoms with Gasteiger partial charge in [0.15, 0.2) is 0 Å². The van der Waals surface area contributed by atoms with E-state index in [0.717, 1.165) is 5.56 Å². The molecule has 0 saturated heterocycles. The molecule has 1 rings (SSSR count). The molecule has 0 aliphatic carbocycles. The molecule has 5 heteroatoms. The second kappa shape index (κ2) is 7.43. The molecule has 0 fully saturated rings. The molecule has 1 aromatic carbocycles. The van der Waals surface area contributed by atoms with Crippen LogP contribution in [0.2, 0.25) is 0 Å². The van der Waals surface area contributed by atoms with Gasteiger partial charge in [0.1, 0.15) is 0 Å². The highest BCUT2D eigenvalue weighted by Gasteiger charge is 2.07. The number of hydrogen-bond donors (Lipinski definition) is 2. The summed E-state index contributed by atoms with van der Waals surface area (Å²) in [6, 6.07) is 7.29. The molecule has 20 heavy (non-hydrogen) atoms. The number of amides is 2. The van der Waals surface area contributed by atoms with Crippen LogP contribution >= 0.6 is 0 Å². The second-order valence-corrected chi connectivity index (χ2v) is 5.05. The number of hydrogen-bond acceptors (Lipinski definition) is 3. The number of aryl methyl sites for hydroxylation is 1. The normalized spacial score (nSPS) is 11.3. The summed E-state index contributed by atoms with van der Waals surface area (Å²) in [5.74, 6) is -0.389. The Morgan fingerprint density at radius 2 is 1.80 bits per heavy atom. The number of benzene rings is 1. The largest absolute Gasteiger partial charge is 0.354 e. The first kappa shape index (κ1) is 15.9. The number of nitrogens with zero attached hydrogens (tertiary/aromatic N) is 1. The summed E-state index contributed by atoms with van der Waals surface area (Å²) in [5.41, 5.74) is 4.63. The van der Waals surface area contributed by atoms with Crippen LogP contribution < -0.4 is 10.7 Å². The Morgan fingerprint density at radius 3 is 2.35 bits per heavy atom. The lowest BCUT2D eigenvalue weighted by molar-refractivity contribution is -0.120. The van der Waals surface area contributed by atoms with Crippen molar-refractivity contribution in [3.63, 3.8) is 0 Å². The molecule has 0 atom stereocenters. The molecule has 0 aliphatic heterocycles. The minimum absolute atomic E-state index is 0.0949. The van der Waals surface area contributed by atoms with Crippen LogP contribution in [0.3, 0.4) is 0 Å². The molecule has 0 heterocycles. The van der Waals surface area contributed by atoms with Gasteiger partial charge in [-0.3, -0.25) is 9.59 Å². The van der Waals surface area contributed by atoms with E-state index in [1.807, 2.05) is 32.9 Å². The van der Waals surface area contributed by atoms with Gasteiger partial charge < -0.3 is 5.32 Å². The van der Waals surface area contributed by atoms with E-state index in [4.69, 9.17) is 0 Å². The Bertz CT molecular complexity index is 504. The number of carbonyl (C=O) groups excluding carboxylic acids is 2. The maximum absolute atomic E-state index is 11.8. The summed E-state index contributed by atoms with van der Waals surface area (Å²) in [6.07, 6.45) is 0.173. The molecular weight excluding hydrogens is 254 g/mol. The molecule has 0 aliphatic rings. The van der Waals surface area contributed by atoms with Crippen LogP contribution in [0.15, 0.2) is 29.4 Å². The molecule has 0 spiro atoms. The third kappa shape index (κ3) is 5.65. The Labute approximate surface area is 119 Å². The Morgan fingerprint density at radius 1 is 1.20 bits per heavy atom. The van der Waals surface area contributed by atoms with Crippen molar-refractivity contribution in [1.82, 2.24) is 10.7 Å². The highest BCUT2D eigenvalue weighted by Crippen LogP contribution is 2.02. The second-order valence-electron chi connectivity index (χ2n) is 5.05. The monoisotopic (exact) mass is 275 g/mol. The van der Waals surface area contributed by atoms with Gasteiger partial charge in [-0.05, 0) is 39.8 Å². The van der Waals surface area contributed by atoms with Crippen molar-refractivity contribution in [1.29, 1.82) is 0 Å². The van der Waals surface area contributed by atoms with Gasteiger partial charge in [-0.1, -0.05) is 17.7 Å². The summed E-state index contributed by atoms with van der Waals surface area (Å²) in [7, 11) is 0. The average molecular weight is 275 g/mol. The lowest BCUT2D eigenvalue weighted by Gasteiger charge is -2.08. The molecule has 0 aromatic heterocycles. The summed E-state index contributed by atoms with van der Waals surface area (Å²) in [6.45, 7) is 7.44. The van der Waals surface area contributed by atoms with Crippen molar-refractivity contribution in [2.45, 2.75) is 40.2 Å². The Hall–Kier alpha value is -2.17. The fourth-order valence-electron chi connectivity index (χ4n) is 1.56. The molecule has 0 saturated carbocycles. The molecule has 2 N–H and O–H groups in total. The van der Waals surface area contributed by atoms with Crippen molar-refractivity contribution >= 4 is 17.5 Å². The fourth-order valence-corrected chi connectivity index (χ4v) is 1.56. The van der Waals surface area contributed by atoms with Crippen molar-refractivity contribution in [2.75, 3.05) is 0 Å². The van der Waals surface area contributed by atoms with Crippen LogP contribution in [-0.2, 0) is 4.79 Å². The van der Waals surface area contributed by atoms with E-state index in [-0.39, 0.29) is 24.3 Å². The van der Waals surface area contributed by atoms with Gasteiger partial charge in [0.25, 0.3) is 5.91 Å². The minimum atomic E-state index is -0.284. The van der Waals surface area contributed by atoms with Crippen LogP contribution in [0, 0.1) is 6.92 Å². The molecular formula is C15H21N3O2. The third-order valence-electron chi connectivity index (χ3n) is 2.53. The highest BCUT2D eigenvalue weighted by molar-refractivity contribution is 6.01. The lowest BCUT2D eigenvalue weighted by Crippen LogP contribution is -2.31. The predicted molar refractivity (Wildman–Crippen MR) is 79.6 cm³/mol. The van der Waals surface area contributed by atoms with Crippen molar-refractivity contribution < 1.29 is 9.59 Å². The predicted octanol–water partition coefficient (Wildman–Crippen LogP) is 2.02. The topological polar surface area (TPSA) is 70.6 Å². The molecule has 2 amide bonds. The van der Waals surface area contributed by atoms with E-state index in [2.05, 4.69) is 15.8 Å². The van der Waals surface area contributed by atoms with E-state index in [1.165, 1.54) is 0 Å². The highest BCUT2D eigenvalue weighted by atomic mass is 16.2. The van der Waals surface area contributed by atoms with E-state index in [1.54, 1.807) is 19.1 Å². The number of hydrazone groups is 1. The van der Waals surface area contributed by atoms with E-state index in [9.17, 15) is 9.59 Å². The first-order valence-corrected chi connectivity index (χ1v) is 6.58. The van der Waals surface area contributed by atoms with Gasteiger partial charge in [0.05, 0.1) is 6.42 Å². The van der Waals surface area contributed by atoms with Crippen LogP contribution in [-0.4, -0.2) is 23.6 Å². The zero-order valence-electron chi connectivity index (χ0n) is 12.4. The van der Waals surface area contributed by atoms with Gasteiger partial charge >= 0.3 is 0 Å². The van der Waals surface area contributed by atoms with Crippen molar-refractivity contribution in [2.24, 2.45) is 5.10 Å². The number of carbonyl (C=O) groups is 2. The van der Waals surface area contributed by atoms with Gasteiger partial charge in [-0.15, -0.1) is 0 Å². The van der Waals surface area contributed by atoms with Crippen LogP contribution in [0.5, 0.6) is 0 Å². The smallest absolute Gasteiger partial charge is 0.271 e. The fraction of sp³-hybridized carbons (Fsp3) is 0.400. The maximum atomic E-state index is 11.8. The van der Waals surface area contributed by atoms with Gasteiger partial charge in [0.2, 0.25) is 5.91 Å². The van der Waals surface area contributed by atoms with Gasteiger partial charge in [-0.25, -0.2) is 5.43 Å². The molecule has 1 aromatic rings. The molecule has 0 unspecified atom stereocenters. The third-order valence-corrected chi connectivity index (χ3v) is 2.53. The summed E-state index contributed by atoms with van der Waals surface area (Å²) < 4.78 is 0. The van der Waals surface area contributed by atoms with Crippen LogP contribution in [0.4, 0.5) is 0 Å². The number of nitrogens with one attached hydrogen (secondary N) is 2. The van der Waals surface area contributed by atoms with Gasteiger partial charge in [0, 0.05) is 17.3 Å². The van der Waals surface area contributed by atoms with Crippen LogP contribution in [0.25, 0.3) is 0 Å². The molecule has 0 bridgehead atoms. The standard InChI is InChI=1S/C15H21N3O2/c1-10(2)16-14(19)9-12(4)17-18-15(20)13-7-5-11(3)6-8-13/h5-8,10H,9H2,1-4H3,(H,16,19)(H,18,20)/b17-12+. The zero-order chi connectivity index (χ0) is 15.1. The van der Waals surface area contributed by atoms with E-state index >= 15 is 0 Å². The first-order valence-electron chi connectivity index (χ1n) is 6.58. The van der Waals surface area contributed by atoms with E-state index < -0.39 is 0 Å². The maximum Gasteiger partial charge on any atom is 0.271 e. The van der Waals surface area contributed by atoms with Crippen molar-refractivity contribution in [3.8, 4) is 0 Å². The first-order chi connectivity index (χ1) is 9.38.